The number of aromatic nitrogens is 1. The molecule has 0 radical (unpaired) electrons. The number of aryl methyl sites for hydroxylation is 1. The molecule has 0 unspecified atom stereocenters. The van der Waals surface area contributed by atoms with Gasteiger partial charge in [0.05, 0.1) is 23.8 Å². The van der Waals surface area contributed by atoms with E-state index in [1.54, 1.807) is 24.3 Å². The molecule has 1 aliphatic heterocycles. The molecule has 31 heavy (non-hydrogen) atoms. The van der Waals surface area contributed by atoms with Crippen LogP contribution in [0.4, 0.5) is 19.7 Å². The molecule has 3 aromatic rings. The topological polar surface area (TPSA) is 97.4 Å². The van der Waals surface area contributed by atoms with Gasteiger partial charge in [-0.15, -0.1) is 0 Å². The van der Waals surface area contributed by atoms with Crippen molar-refractivity contribution in [1.82, 2.24) is 9.47 Å². The van der Waals surface area contributed by atoms with Gasteiger partial charge in [-0.2, -0.15) is 0 Å². The maximum Gasteiger partial charge on any atom is 0.323 e. The summed E-state index contributed by atoms with van der Waals surface area (Å²) in [6, 6.07) is 14.5. The average molecular weight is 422 g/mol. The number of Topliss-reactive ketones (excluding diaryl/α,β-unsaturated/α-hetero) is 1. The molecule has 0 aliphatic carbocycles. The smallest absolute Gasteiger partial charge is 0.323 e. The van der Waals surface area contributed by atoms with Crippen LogP contribution < -0.4 is 11.1 Å². The fraction of sp³-hybridized carbons (Fsp3) is 0.261. The quantitative estimate of drug-likeness (QED) is 0.656. The van der Waals surface area contributed by atoms with E-state index in [4.69, 9.17) is 5.73 Å². The second-order valence-corrected chi connectivity index (χ2v) is 7.65. The van der Waals surface area contributed by atoms with Gasteiger partial charge in [-0.05, 0) is 18.1 Å². The molecule has 1 aromatic heterocycles. The Morgan fingerprint density at radius 3 is 2.52 bits per heavy atom. The number of nitrogens with two attached hydrogens (primary N) is 1. The fourth-order valence-electron chi connectivity index (χ4n) is 4.04. The highest BCUT2D eigenvalue weighted by atomic mass is 19.1. The van der Waals surface area contributed by atoms with Gasteiger partial charge in [-0.1, -0.05) is 48.5 Å². The minimum Gasteiger partial charge on any atom is -0.351 e. The van der Waals surface area contributed by atoms with Crippen LogP contribution in [0.2, 0.25) is 0 Å². The van der Waals surface area contributed by atoms with Crippen molar-refractivity contribution >= 4 is 34.4 Å². The SMILES string of the molecule is NC(=O)n1cc(NC(=O)N2C[C@H](F)C[C@H]2C(=O)CCc2ccccc2)c2ccccc21. The molecular formula is C23H23FN4O3. The van der Waals surface area contributed by atoms with Crippen molar-refractivity contribution in [2.24, 2.45) is 5.73 Å². The van der Waals surface area contributed by atoms with E-state index in [0.29, 0.717) is 23.0 Å². The number of benzene rings is 2. The number of urea groups is 1. The lowest BCUT2D eigenvalue weighted by Crippen LogP contribution is -2.43. The number of anilines is 1. The number of carbonyl (C=O) groups is 3. The Labute approximate surface area is 178 Å². The molecule has 7 nitrogen and oxygen atoms in total. The number of alkyl halides is 1. The summed E-state index contributed by atoms with van der Waals surface area (Å²) in [4.78, 5) is 38.7. The summed E-state index contributed by atoms with van der Waals surface area (Å²) in [6.07, 6.45) is 0.925. The molecule has 8 heteroatoms. The van der Waals surface area contributed by atoms with E-state index >= 15 is 0 Å². The summed E-state index contributed by atoms with van der Waals surface area (Å²) in [7, 11) is 0. The summed E-state index contributed by atoms with van der Waals surface area (Å²) in [6.45, 7) is -0.151. The lowest BCUT2D eigenvalue weighted by molar-refractivity contribution is -0.122. The molecule has 3 amide bonds. The van der Waals surface area contributed by atoms with Crippen LogP contribution in [0.3, 0.4) is 0 Å². The largest absolute Gasteiger partial charge is 0.351 e. The molecule has 1 saturated heterocycles. The van der Waals surface area contributed by atoms with Crippen LogP contribution in [0.1, 0.15) is 18.4 Å². The number of halogens is 1. The third-order valence-corrected chi connectivity index (χ3v) is 5.58. The second-order valence-electron chi connectivity index (χ2n) is 7.65. The number of primary amides is 1. The van der Waals surface area contributed by atoms with E-state index in [0.717, 1.165) is 5.56 Å². The summed E-state index contributed by atoms with van der Waals surface area (Å²) in [5, 5.41) is 3.34. The predicted octanol–water partition coefficient (Wildman–Crippen LogP) is 3.71. The number of nitrogens with one attached hydrogen (secondary N) is 1. The van der Waals surface area contributed by atoms with Crippen molar-refractivity contribution in [3.63, 3.8) is 0 Å². The van der Waals surface area contributed by atoms with Gasteiger partial charge in [0.25, 0.3) is 0 Å². The maximum absolute atomic E-state index is 14.2. The number of ketones is 1. The molecule has 160 valence electrons. The summed E-state index contributed by atoms with van der Waals surface area (Å²) < 4.78 is 15.4. The Kier molecular flexibility index (Phi) is 5.70. The van der Waals surface area contributed by atoms with E-state index in [-0.39, 0.29) is 25.2 Å². The number of nitrogens with zero attached hydrogens (tertiary/aromatic N) is 2. The molecule has 3 N–H and O–H groups in total. The third kappa shape index (κ3) is 4.28. The maximum atomic E-state index is 14.2. The minimum atomic E-state index is -1.26. The standard InChI is InChI=1S/C23H23FN4O3/c24-16-12-20(21(29)11-10-15-6-2-1-3-7-15)28(13-16)23(31)26-18-14-27(22(25)30)19-9-5-4-8-17(18)19/h1-9,14,16,20H,10-13H2,(H2,25,30)(H,26,31)/t16-,20+/m1/s1. The molecule has 4 rings (SSSR count). The first-order valence-corrected chi connectivity index (χ1v) is 10.1. The van der Waals surface area contributed by atoms with Gasteiger partial charge >= 0.3 is 12.1 Å². The van der Waals surface area contributed by atoms with Crippen molar-refractivity contribution in [2.45, 2.75) is 31.5 Å². The summed E-state index contributed by atoms with van der Waals surface area (Å²) in [5.74, 6) is -0.168. The van der Waals surface area contributed by atoms with E-state index < -0.39 is 24.3 Å². The normalized spacial score (nSPS) is 18.3. The van der Waals surface area contributed by atoms with Crippen LogP contribution in [0.25, 0.3) is 10.9 Å². The molecule has 0 bridgehead atoms. The number of carbonyl (C=O) groups excluding carboxylic acids is 3. The molecule has 0 saturated carbocycles. The molecule has 1 aliphatic rings. The number of rotatable bonds is 5. The van der Waals surface area contributed by atoms with Gasteiger partial charge in [0.2, 0.25) is 0 Å². The summed E-state index contributed by atoms with van der Waals surface area (Å²) in [5.41, 5.74) is 7.35. The van der Waals surface area contributed by atoms with Crippen LogP contribution >= 0.6 is 0 Å². The van der Waals surface area contributed by atoms with Crippen LogP contribution in [0.5, 0.6) is 0 Å². The molecule has 2 atom stereocenters. The van der Waals surface area contributed by atoms with Gasteiger partial charge < -0.3 is 16.0 Å². The van der Waals surface area contributed by atoms with Crippen LogP contribution in [-0.4, -0.2) is 46.1 Å². The number of para-hydroxylation sites is 1. The van der Waals surface area contributed by atoms with Crippen molar-refractivity contribution in [2.75, 3.05) is 11.9 Å². The zero-order valence-electron chi connectivity index (χ0n) is 16.8. The Morgan fingerprint density at radius 1 is 1.06 bits per heavy atom. The first-order valence-electron chi connectivity index (χ1n) is 10.1. The van der Waals surface area contributed by atoms with Crippen LogP contribution in [0.15, 0.2) is 60.8 Å². The van der Waals surface area contributed by atoms with Gasteiger partial charge in [0.1, 0.15) is 6.17 Å². The molecule has 1 fully saturated rings. The molecule has 2 heterocycles. The van der Waals surface area contributed by atoms with Gasteiger partial charge in [-0.25, -0.2) is 14.0 Å². The predicted molar refractivity (Wildman–Crippen MR) is 116 cm³/mol. The number of hydrogen-bond donors (Lipinski definition) is 2. The van der Waals surface area contributed by atoms with Gasteiger partial charge in [0.15, 0.2) is 5.78 Å². The van der Waals surface area contributed by atoms with Gasteiger partial charge in [0, 0.05) is 24.4 Å². The molecule has 2 aromatic carbocycles. The fourth-order valence-corrected chi connectivity index (χ4v) is 4.04. The summed E-state index contributed by atoms with van der Waals surface area (Å²) >= 11 is 0. The number of hydrogen-bond acceptors (Lipinski definition) is 3. The third-order valence-electron chi connectivity index (χ3n) is 5.58. The Balaban J connectivity index is 1.50. The van der Waals surface area contributed by atoms with E-state index in [2.05, 4.69) is 5.32 Å². The highest BCUT2D eigenvalue weighted by molar-refractivity contribution is 6.05. The second kappa shape index (κ2) is 8.59. The van der Waals surface area contributed by atoms with E-state index in [9.17, 15) is 18.8 Å². The zero-order valence-corrected chi connectivity index (χ0v) is 16.8. The Morgan fingerprint density at radius 2 is 1.77 bits per heavy atom. The van der Waals surface area contributed by atoms with Crippen LogP contribution in [0, 0.1) is 0 Å². The number of amides is 3. The number of fused-ring (bicyclic) bond motifs is 1. The van der Waals surface area contributed by atoms with Crippen molar-refractivity contribution in [1.29, 1.82) is 0 Å². The van der Waals surface area contributed by atoms with Crippen LogP contribution in [-0.2, 0) is 11.2 Å². The van der Waals surface area contributed by atoms with E-state index in [1.807, 2.05) is 30.3 Å². The highest BCUT2D eigenvalue weighted by Crippen LogP contribution is 2.28. The lowest BCUT2D eigenvalue weighted by atomic mass is 10.0. The first-order chi connectivity index (χ1) is 14.9. The molecular weight excluding hydrogens is 399 g/mol. The van der Waals surface area contributed by atoms with Crippen molar-refractivity contribution < 1.29 is 18.8 Å². The first kappa shape index (κ1) is 20.6. The molecule has 0 spiro atoms. The Bertz CT molecular complexity index is 1130. The van der Waals surface area contributed by atoms with E-state index in [1.165, 1.54) is 15.7 Å². The van der Waals surface area contributed by atoms with Gasteiger partial charge in [-0.3, -0.25) is 9.36 Å². The Hall–Kier alpha value is -3.68. The monoisotopic (exact) mass is 422 g/mol. The average Bonchev–Trinajstić information content (AvgIpc) is 3.34. The lowest BCUT2D eigenvalue weighted by Gasteiger charge is -2.23. The highest BCUT2D eigenvalue weighted by Gasteiger charge is 2.39. The van der Waals surface area contributed by atoms with Crippen molar-refractivity contribution in [3.8, 4) is 0 Å². The number of likely N-dealkylation sites (tertiary alicyclic amines) is 1. The van der Waals surface area contributed by atoms with Crippen molar-refractivity contribution in [3.05, 3.63) is 66.4 Å². The minimum absolute atomic E-state index is 0.00983. The zero-order chi connectivity index (χ0) is 22.0.